The van der Waals surface area contributed by atoms with Crippen molar-refractivity contribution in [2.45, 2.75) is 0 Å². The number of carbonyl (C=O) groups excluding carboxylic acids is 1. The molecule has 6 heteroatoms. The van der Waals surface area contributed by atoms with Gasteiger partial charge in [0.05, 0.1) is 31.8 Å². The van der Waals surface area contributed by atoms with E-state index < -0.39 is 0 Å². The Labute approximate surface area is 151 Å². The maximum atomic E-state index is 12.2. The van der Waals surface area contributed by atoms with E-state index in [1.807, 2.05) is 36.5 Å². The summed E-state index contributed by atoms with van der Waals surface area (Å²) < 4.78 is 12.2. The molecule has 0 saturated heterocycles. The molecule has 0 spiro atoms. The monoisotopic (exact) mass is 349 g/mol. The Balaban J connectivity index is 1.70. The Morgan fingerprint density at radius 1 is 1.12 bits per heavy atom. The molecular formula is C20H19N3O3. The summed E-state index contributed by atoms with van der Waals surface area (Å²) in [6, 6.07) is 15.0. The number of anilines is 1. The molecule has 26 heavy (non-hydrogen) atoms. The van der Waals surface area contributed by atoms with Crippen molar-refractivity contribution in [3.05, 3.63) is 72.6 Å². The Morgan fingerprint density at radius 3 is 2.65 bits per heavy atom. The van der Waals surface area contributed by atoms with Gasteiger partial charge in [0.2, 0.25) is 5.91 Å². The molecule has 0 saturated carbocycles. The summed E-state index contributed by atoms with van der Waals surface area (Å²) in [7, 11) is 3.11. The van der Waals surface area contributed by atoms with Crippen LogP contribution in [0.15, 0.2) is 67.0 Å². The average molecular weight is 349 g/mol. The maximum absolute atomic E-state index is 12.2. The standard InChI is InChI=1S/C20H19N3O3/c1-25-17-9-10-19(26-2)18(12-17)22-20(24)11-8-15-13-21-23(14-15)16-6-4-3-5-7-16/h3-14H,1-2H3,(H,22,24)/b11-8+. The van der Waals surface area contributed by atoms with Crippen LogP contribution in [-0.4, -0.2) is 29.9 Å². The van der Waals surface area contributed by atoms with E-state index in [-0.39, 0.29) is 5.91 Å². The fraction of sp³-hybridized carbons (Fsp3) is 0.100. The largest absolute Gasteiger partial charge is 0.497 e. The number of hydrogen-bond acceptors (Lipinski definition) is 4. The Bertz CT molecular complexity index is 917. The number of amides is 1. The average Bonchev–Trinajstić information content (AvgIpc) is 3.16. The first-order valence-corrected chi connectivity index (χ1v) is 8.01. The van der Waals surface area contributed by atoms with Crippen molar-refractivity contribution in [3.63, 3.8) is 0 Å². The van der Waals surface area contributed by atoms with Crippen LogP contribution in [0.4, 0.5) is 5.69 Å². The number of ether oxygens (including phenoxy) is 2. The van der Waals surface area contributed by atoms with Crippen LogP contribution in [0.3, 0.4) is 0 Å². The summed E-state index contributed by atoms with van der Waals surface area (Å²) in [6.45, 7) is 0. The van der Waals surface area contributed by atoms with Crippen molar-refractivity contribution < 1.29 is 14.3 Å². The molecule has 1 N–H and O–H groups in total. The predicted octanol–water partition coefficient (Wildman–Crippen LogP) is 3.54. The van der Waals surface area contributed by atoms with Gasteiger partial charge in [0.25, 0.3) is 0 Å². The molecule has 0 aliphatic heterocycles. The molecule has 0 unspecified atom stereocenters. The molecule has 0 bridgehead atoms. The number of para-hydroxylation sites is 1. The fourth-order valence-corrected chi connectivity index (χ4v) is 2.40. The van der Waals surface area contributed by atoms with Crippen LogP contribution < -0.4 is 14.8 Å². The number of hydrogen-bond donors (Lipinski definition) is 1. The molecule has 2 aromatic carbocycles. The van der Waals surface area contributed by atoms with Crippen LogP contribution in [0.2, 0.25) is 0 Å². The third-order valence-electron chi connectivity index (χ3n) is 3.71. The van der Waals surface area contributed by atoms with Crippen LogP contribution in [0, 0.1) is 0 Å². The van der Waals surface area contributed by atoms with Crippen molar-refractivity contribution >= 4 is 17.7 Å². The van der Waals surface area contributed by atoms with E-state index in [0.717, 1.165) is 11.3 Å². The number of aromatic nitrogens is 2. The Kier molecular flexibility index (Phi) is 5.34. The minimum atomic E-state index is -0.274. The lowest BCUT2D eigenvalue weighted by Crippen LogP contribution is -2.09. The molecule has 132 valence electrons. The lowest BCUT2D eigenvalue weighted by molar-refractivity contribution is -0.111. The van der Waals surface area contributed by atoms with Gasteiger partial charge < -0.3 is 14.8 Å². The fourth-order valence-electron chi connectivity index (χ4n) is 2.40. The van der Waals surface area contributed by atoms with Crippen LogP contribution in [0.25, 0.3) is 11.8 Å². The van der Waals surface area contributed by atoms with E-state index in [4.69, 9.17) is 9.47 Å². The number of methoxy groups -OCH3 is 2. The Hall–Kier alpha value is -3.54. The highest BCUT2D eigenvalue weighted by atomic mass is 16.5. The second-order valence-electron chi connectivity index (χ2n) is 5.44. The van der Waals surface area contributed by atoms with Gasteiger partial charge >= 0.3 is 0 Å². The molecule has 3 rings (SSSR count). The van der Waals surface area contributed by atoms with Crippen LogP contribution in [0.5, 0.6) is 11.5 Å². The summed E-state index contributed by atoms with van der Waals surface area (Å²) in [5, 5.41) is 7.08. The molecule has 1 aromatic heterocycles. The van der Waals surface area contributed by atoms with Crippen molar-refractivity contribution in [1.29, 1.82) is 0 Å². The smallest absolute Gasteiger partial charge is 0.248 e. The van der Waals surface area contributed by atoms with Gasteiger partial charge in [-0.2, -0.15) is 5.10 Å². The first kappa shape index (κ1) is 17.3. The lowest BCUT2D eigenvalue weighted by Gasteiger charge is -2.10. The third kappa shape index (κ3) is 4.10. The van der Waals surface area contributed by atoms with Gasteiger partial charge in [-0.3, -0.25) is 4.79 Å². The number of nitrogens with one attached hydrogen (secondary N) is 1. The highest BCUT2D eigenvalue weighted by Gasteiger charge is 2.07. The summed E-state index contributed by atoms with van der Waals surface area (Å²) in [5.41, 5.74) is 2.32. The zero-order chi connectivity index (χ0) is 18.4. The van der Waals surface area contributed by atoms with Gasteiger partial charge in [0.15, 0.2) is 0 Å². The topological polar surface area (TPSA) is 65.4 Å². The molecule has 3 aromatic rings. The third-order valence-corrected chi connectivity index (χ3v) is 3.71. The van der Waals surface area contributed by atoms with Gasteiger partial charge in [0, 0.05) is 23.9 Å². The second kappa shape index (κ2) is 8.02. The molecule has 0 fully saturated rings. The summed E-state index contributed by atoms with van der Waals surface area (Å²) >= 11 is 0. The van der Waals surface area contributed by atoms with Gasteiger partial charge in [-0.1, -0.05) is 18.2 Å². The molecule has 1 heterocycles. The normalized spacial score (nSPS) is 10.7. The van der Waals surface area contributed by atoms with Crippen molar-refractivity contribution in [2.24, 2.45) is 0 Å². The molecule has 0 aliphatic rings. The number of rotatable bonds is 6. The number of nitrogens with zero attached hydrogens (tertiary/aromatic N) is 2. The van der Waals surface area contributed by atoms with E-state index >= 15 is 0 Å². The number of benzene rings is 2. The molecule has 6 nitrogen and oxygen atoms in total. The van der Waals surface area contributed by atoms with Gasteiger partial charge in [-0.05, 0) is 30.3 Å². The van der Waals surface area contributed by atoms with Gasteiger partial charge in [-0.25, -0.2) is 4.68 Å². The SMILES string of the molecule is COc1ccc(OC)c(NC(=O)/C=C/c2cnn(-c3ccccc3)c2)c1. The Morgan fingerprint density at radius 2 is 1.92 bits per heavy atom. The van der Waals surface area contributed by atoms with Gasteiger partial charge in [-0.15, -0.1) is 0 Å². The van der Waals surface area contributed by atoms with E-state index in [1.54, 1.807) is 49.4 Å². The van der Waals surface area contributed by atoms with Crippen LogP contribution in [-0.2, 0) is 4.79 Å². The molecule has 0 aliphatic carbocycles. The molecule has 0 radical (unpaired) electrons. The first-order chi connectivity index (χ1) is 12.7. The predicted molar refractivity (Wildman–Crippen MR) is 101 cm³/mol. The van der Waals surface area contributed by atoms with E-state index in [9.17, 15) is 4.79 Å². The maximum Gasteiger partial charge on any atom is 0.248 e. The van der Waals surface area contributed by atoms with Crippen LogP contribution in [0.1, 0.15) is 5.56 Å². The molecule has 0 atom stereocenters. The second-order valence-corrected chi connectivity index (χ2v) is 5.44. The van der Waals surface area contributed by atoms with E-state index in [2.05, 4.69) is 10.4 Å². The lowest BCUT2D eigenvalue weighted by atomic mass is 10.2. The zero-order valence-corrected chi connectivity index (χ0v) is 14.5. The minimum absolute atomic E-state index is 0.274. The molecular weight excluding hydrogens is 330 g/mol. The minimum Gasteiger partial charge on any atom is -0.497 e. The quantitative estimate of drug-likeness (QED) is 0.691. The van der Waals surface area contributed by atoms with Crippen LogP contribution >= 0.6 is 0 Å². The van der Waals surface area contributed by atoms with Crippen molar-refractivity contribution in [3.8, 4) is 17.2 Å². The number of carbonyl (C=O) groups is 1. The zero-order valence-electron chi connectivity index (χ0n) is 14.5. The van der Waals surface area contributed by atoms with Crippen molar-refractivity contribution in [1.82, 2.24) is 9.78 Å². The summed E-state index contributed by atoms with van der Waals surface area (Å²) in [4.78, 5) is 12.2. The summed E-state index contributed by atoms with van der Waals surface area (Å²) in [5.74, 6) is 0.919. The van der Waals surface area contributed by atoms with E-state index in [1.165, 1.54) is 6.08 Å². The van der Waals surface area contributed by atoms with Crippen molar-refractivity contribution in [2.75, 3.05) is 19.5 Å². The first-order valence-electron chi connectivity index (χ1n) is 8.01. The van der Waals surface area contributed by atoms with E-state index in [0.29, 0.717) is 17.2 Å². The highest BCUT2D eigenvalue weighted by molar-refractivity contribution is 6.02. The highest BCUT2D eigenvalue weighted by Crippen LogP contribution is 2.28. The van der Waals surface area contributed by atoms with Gasteiger partial charge in [0.1, 0.15) is 11.5 Å². The summed E-state index contributed by atoms with van der Waals surface area (Å²) in [6.07, 6.45) is 6.70. The molecule has 1 amide bonds.